The molecule has 0 unspecified atom stereocenters. The van der Waals surface area contributed by atoms with Gasteiger partial charge in [-0.25, -0.2) is 4.79 Å². The third kappa shape index (κ3) is 1.77. The molecule has 18 heavy (non-hydrogen) atoms. The van der Waals surface area contributed by atoms with Gasteiger partial charge in [0.15, 0.2) is 11.5 Å². The van der Waals surface area contributed by atoms with Crippen molar-refractivity contribution in [3.8, 4) is 11.5 Å². The van der Waals surface area contributed by atoms with Gasteiger partial charge in [-0.2, -0.15) is 0 Å². The SMILES string of the molecule is COC(=O)C1=C(O)Cc2cc(OC)c(OC)cc21. The number of hydrogen-bond donors (Lipinski definition) is 1. The largest absolute Gasteiger partial charge is 0.511 e. The molecule has 0 aromatic heterocycles. The molecule has 0 radical (unpaired) electrons. The van der Waals surface area contributed by atoms with E-state index in [0.29, 0.717) is 23.5 Å². The summed E-state index contributed by atoms with van der Waals surface area (Å²) in [6.45, 7) is 0. The van der Waals surface area contributed by atoms with Crippen LogP contribution in [0.25, 0.3) is 5.57 Å². The van der Waals surface area contributed by atoms with Gasteiger partial charge in [0.1, 0.15) is 11.3 Å². The molecule has 0 aliphatic heterocycles. The molecule has 5 heteroatoms. The molecule has 96 valence electrons. The molecule has 0 saturated carbocycles. The lowest BCUT2D eigenvalue weighted by molar-refractivity contribution is -0.133. The lowest BCUT2D eigenvalue weighted by Crippen LogP contribution is -2.04. The third-order valence-electron chi connectivity index (χ3n) is 2.91. The zero-order chi connectivity index (χ0) is 13.3. The minimum Gasteiger partial charge on any atom is -0.511 e. The summed E-state index contributed by atoms with van der Waals surface area (Å²) >= 11 is 0. The number of fused-ring (bicyclic) bond motifs is 1. The number of carbonyl (C=O) groups is 1. The summed E-state index contributed by atoms with van der Waals surface area (Å²) in [5.74, 6) is 0.521. The van der Waals surface area contributed by atoms with Crippen LogP contribution in [-0.2, 0) is 16.0 Å². The molecule has 0 fully saturated rings. The zero-order valence-corrected chi connectivity index (χ0v) is 10.4. The number of aliphatic hydroxyl groups excluding tert-OH is 1. The minimum atomic E-state index is -0.557. The smallest absolute Gasteiger partial charge is 0.341 e. The van der Waals surface area contributed by atoms with E-state index in [-0.39, 0.29) is 11.3 Å². The van der Waals surface area contributed by atoms with E-state index < -0.39 is 5.97 Å². The van der Waals surface area contributed by atoms with Crippen LogP contribution in [0.3, 0.4) is 0 Å². The van der Waals surface area contributed by atoms with Crippen molar-refractivity contribution >= 4 is 11.5 Å². The molecule has 1 aliphatic carbocycles. The molecule has 1 aromatic carbocycles. The fourth-order valence-corrected chi connectivity index (χ4v) is 2.05. The van der Waals surface area contributed by atoms with E-state index in [9.17, 15) is 9.90 Å². The van der Waals surface area contributed by atoms with E-state index >= 15 is 0 Å². The van der Waals surface area contributed by atoms with Crippen molar-refractivity contribution in [1.29, 1.82) is 0 Å². The van der Waals surface area contributed by atoms with Crippen LogP contribution in [0.1, 0.15) is 11.1 Å². The Morgan fingerprint density at radius 2 is 1.78 bits per heavy atom. The Bertz CT molecular complexity index is 530. The number of methoxy groups -OCH3 is 3. The molecule has 0 spiro atoms. The van der Waals surface area contributed by atoms with Gasteiger partial charge in [0.05, 0.1) is 21.3 Å². The Balaban J connectivity index is 2.55. The van der Waals surface area contributed by atoms with Crippen LogP contribution in [0.5, 0.6) is 11.5 Å². The highest BCUT2D eigenvalue weighted by molar-refractivity contribution is 6.18. The summed E-state index contributed by atoms with van der Waals surface area (Å²) in [4.78, 5) is 11.6. The van der Waals surface area contributed by atoms with E-state index in [2.05, 4.69) is 4.74 Å². The van der Waals surface area contributed by atoms with Crippen molar-refractivity contribution in [3.05, 3.63) is 29.0 Å². The van der Waals surface area contributed by atoms with Crippen LogP contribution in [0, 0.1) is 0 Å². The normalized spacial score (nSPS) is 13.3. The van der Waals surface area contributed by atoms with Crippen LogP contribution < -0.4 is 9.47 Å². The van der Waals surface area contributed by atoms with Crippen LogP contribution in [0.15, 0.2) is 17.9 Å². The van der Waals surface area contributed by atoms with Crippen molar-refractivity contribution in [2.24, 2.45) is 0 Å². The monoisotopic (exact) mass is 250 g/mol. The van der Waals surface area contributed by atoms with Gasteiger partial charge >= 0.3 is 5.97 Å². The van der Waals surface area contributed by atoms with Crippen molar-refractivity contribution in [3.63, 3.8) is 0 Å². The predicted octanol–water partition coefficient (Wildman–Crippen LogP) is 1.70. The van der Waals surface area contributed by atoms with E-state index in [0.717, 1.165) is 5.56 Å². The molecule has 1 aliphatic rings. The quantitative estimate of drug-likeness (QED) is 0.827. The van der Waals surface area contributed by atoms with Gasteiger partial charge in [-0.1, -0.05) is 0 Å². The average molecular weight is 250 g/mol. The lowest BCUT2D eigenvalue weighted by Gasteiger charge is -2.11. The van der Waals surface area contributed by atoms with E-state index in [4.69, 9.17) is 9.47 Å². The van der Waals surface area contributed by atoms with Gasteiger partial charge in [0, 0.05) is 6.42 Å². The molecular weight excluding hydrogens is 236 g/mol. The molecule has 0 amide bonds. The first kappa shape index (κ1) is 12.3. The second-order valence-electron chi connectivity index (χ2n) is 3.85. The highest BCUT2D eigenvalue weighted by Gasteiger charge is 2.29. The van der Waals surface area contributed by atoms with Crippen molar-refractivity contribution in [2.75, 3.05) is 21.3 Å². The second kappa shape index (κ2) is 4.60. The number of carbonyl (C=O) groups excluding carboxylic acids is 1. The summed E-state index contributed by atoms with van der Waals surface area (Å²) in [6.07, 6.45) is 0.292. The van der Waals surface area contributed by atoms with E-state index in [1.807, 2.05) is 0 Å². The Morgan fingerprint density at radius 3 is 2.33 bits per heavy atom. The number of esters is 1. The highest BCUT2D eigenvalue weighted by atomic mass is 16.5. The molecule has 2 rings (SSSR count). The van der Waals surface area contributed by atoms with E-state index in [1.165, 1.54) is 21.3 Å². The summed E-state index contributed by atoms with van der Waals surface area (Å²) in [7, 11) is 4.33. The Morgan fingerprint density at radius 1 is 1.17 bits per heavy atom. The molecule has 0 bridgehead atoms. The Kier molecular flexibility index (Phi) is 3.14. The first-order chi connectivity index (χ1) is 8.62. The maximum atomic E-state index is 11.6. The van der Waals surface area contributed by atoms with Crippen molar-refractivity contribution in [1.82, 2.24) is 0 Å². The number of allylic oxidation sites excluding steroid dienone is 1. The number of benzene rings is 1. The lowest BCUT2D eigenvalue weighted by atomic mass is 10.0. The fraction of sp³-hybridized carbons (Fsp3) is 0.308. The second-order valence-corrected chi connectivity index (χ2v) is 3.85. The molecule has 5 nitrogen and oxygen atoms in total. The van der Waals surface area contributed by atoms with Gasteiger partial charge in [-0.05, 0) is 23.3 Å². The fourth-order valence-electron chi connectivity index (χ4n) is 2.05. The predicted molar refractivity (Wildman–Crippen MR) is 64.8 cm³/mol. The number of rotatable bonds is 3. The average Bonchev–Trinajstić information content (AvgIpc) is 2.71. The number of ether oxygens (including phenoxy) is 3. The zero-order valence-electron chi connectivity index (χ0n) is 10.4. The maximum absolute atomic E-state index is 11.6. The molecule has 1 N–H and O–H groups in total. The van der Waals surface area contributed by atoms with Crippen LogP contribution >= 0.6 is 0 Å². The summed E-state index contributed by atoms with van der Waals surface area (Å²) < 4.78 is 15.0. The molecule has 0 heterocycles. The van der Waals surface area contributed by atoms with Gasteiger partial charge in [-0.15, -0.1) is 0 Å². The van der Waals surface area contributed by atoms with Gasteiger partial charge in [0.25, 0.3) is 0 Å². The summed E-state index contributed by atoms with van der Waals surface area (Å²) in [6, 6.07) is 3.42. The molecule has 1 aromatic rings. The summed E-state index contributed by atoms with van der Waals surface area (Å²) in [5.41, 5.74) is 1.62. The highest BCUT2D eigenvalue weighted by Crippen LogP contribution is 2.39. The number of aliphatic hydroxyl groups is 1. The third-order valence-corrected chi connectivity index (χ3v) is 2.91. The first-order valence-corrected chi connectivity index (χ1v) is 5.38. The molecule has 0 atom stereocenters. The van der Waals surface area contributed by atoms with Crippen molar-refractivity contribution < 1.29 is 24.1 Å². The van der Waals surface area contributed by atoms with E-state index in [1.54, 1.807) is 12.1 Å². The minimum absolute atomic E-state index is 0.00663. The maximum Gasteiger partial charge on any atom is 0.341 e. The van der Waals surface area contributed by atoms with Crippen LogP contribution in [0.2, 0.25) is 0 Å². The van der Waals surface area contributed by atoms with Gasteiger partial charge in [0.2, 0.25) is 0 Å². The summed E-state index contributed by atoms with van der Waals surface area (Å²) in [5, 5.41) is 9.84. The van der Waals surface area contributed by atoms with Gasteiger partial charge < -0.3 is 19.3 Å². The van der Waals surface area contributed by atoms with Crippen LogP contribution in [0.4, 0.5) is 0 Å². The topological polar surface area (TPSA) is 65.0 Å². The van der Waals surface area contributed by atoms with Gasteiger partial charge in [-0.3, -0.25) is 0 Å². The number of hydrogen-bond acceptors (Lipinski definition) is 5. The first-order valence-electron chi connectivity index (χ1n) is 5.38. The Hall–Kier alpha value is -2.17. The standard InChI is InChI=1S/C13H14O5/c1-16-10-5-7-4-9(14)12(13(15)18-3)8(7)6-11(10)17-2/h5-6,14H,4H2,1-3H3. The van der Waals surface area contributed by atoms with Crippen molar-refractivity contribution in [2.45, 2.75) is 6.42 Å². The van der Waals surface area contributed by atoms with Crippen LogP contribution in [-0.4, -0.2) is 32.4 Å². The molecular formula is C13H14O5. The molecule has 0 saturated heterocycles. The Labute approximate surface area is 105 Å².